The Labute approximate surface area is 74.6 Å². The first-order chi connectivity index (χ1) is 5.72. The smallest absolute Gasteiger partial charge is 0.308 e. The van der Waals surface area contributed by atoms with Gasteiger partial charge in [-0.25, -0.2) is 0 Å². The number of hydrogen-bond donors (Lipinski definition) is 0. The highest BCUT2D eigenvalue weighted by Crippen LogP contribution is 2.09. The second kappa shape index (κ2) is 6.89. The van der Waals surface area contributed by atoms with E-state index < -0.39 is 0 Å². The molecular formula is C10H18O2. The summed E-state index contributed by atoms with van der Waals surface area (Å²) < 4.78 is 4.87. The minimum Gasteiger partial charge on any atom is -0.466 e. The third-order valence-electron chi connectivity index (χ3n) is 1.73. The van der Waals surface area contributed by atoms with Crippen molar-refractivity contribution in [2.24, 2.45) is 5.92 Å². The molecule has 0 fully saturated rings. The third-order valence-corrected chi connectivity index (χ3v) is 1.73. The molecule has 2 heteroatoms. The Balaban J connectivity index is 3.49. The molecule has 0 spiro atoms. The monoisotopic (exact) mass is 170 g/mol. The molecule has 0 aromatic heterocycles. The molecule has 0 aliphatic heterocycles. The molecule has 0 amide bonds. The van der Waals surface area contributed by atoms with Gasteiger partial charge in [-0.1, -0.05) is 13.0 Å². The molecule has 0 aliphatic carbocycles. The van der Waals surface area contributed by atoms with Crippen molar-refractivity contribution in [3.8, 4) is 0 Å². The fraction of sp³-hybridized carbons (Fsp3) is 0.700. The van der Waals surface area contributed by atoms with Gasteiger partial charge in [0, 0.05) is 0 Å². The number of ether oxygens (including phenoxy) is 1. The van der Waals surface area contributed by atoms with Gasteiger partial charge >= 0.3 is 5.97 Å². The van der Waals surface area contributed by atoms with Crippen LogP contribution in [0.25, 0.3) is 0 Å². The van der Waals surface area contributed by atoms with E-state index in [9.17, 15) is 4.79 Å². The lowest BCUT2D eigenvalue weighted by Gasteiger charge is -2.08. The van der Waals surface area contributed by atoms with Crippen molar-refractivity contribution in [1.82, 2.24) is 0 Å². The van der Waals surface area contributed by atoms with Gasteiger partial charge in [0.15, 0.2) is 0 Å². The molecule has 0 aromatic carbocycles. The fourth-order valence-corrected chi connectivity index (χ4v) is 0.971. The predicted octanol–water partition coefficient (Wildman–Crippen LogP) is 2.54. The van der Waals surface area contributed by atoms with Crippen LogP contribution >= 0.6 is 0 Å². The molecule has 0 heterocycles. The van der Waals surface area contributed by atoms with E-state index in [4.69, 9.17) is 4.74 Å². The second-order valence-electron chi connectivity index (χ2n) is 2.87. The summed E-state index contributed by atoms with van der Waals surface area (Å²) in [6, 6.07) is 0. The normalized spacial score (nSPS) is 12.2. The van der Waals surface area contributed by atoms with Gasteiger partial charge in [0.2, 0.25) is 0 Å². The number of carbonyl (C=O) groups is 1. The summed E-state index contributed by atoms with van der Waals surface area (Å²) >= 11 is 0. The average Bonchev–Trinajstić information content (AvgIpc) is 2.05. The zero-order valence-electron chi connectivity index (χ0n) is 8.01. The summed E-state index contributed by atoms with van der Waals surface area (Å²) in [5.74, 6) is -0.0496. The van der Waals surface area contributed by atoms with Gasteiger partial charge in [-0.3, -0.25) is 4.79 Å². The van der Waals surface area contributed by atoms with Crippen molar-refractivity contribution < 1.29 is 9.53 Å². The van der Waals surface area contributed by atoms with Crippen molar-refractivity contribution in [2.75, 3.05) is 6.61 Å². The summed E-state index contributed by atoms with van der Waals surface area (Å²) in [6.07, 6.45) is 4.76. The van der Waals surface area contributed by atoms with E-state index in [2.05, 4.69) is 6.58 Å². The molecule has 12 heavy (non-hydrogen) atoms. The highest BCUT2D eigenvalue weighted by Gasteiger charge is 2.12. The van der Waals surface area contributed by atoms with Gasteiger partial charge in [-0.2, -0.15) is 0 Å². The van der Waals surface area contributed by atoms with Gasteiger partial charge < -0.3 is 4.74 Å². The lowest BCUT2D eigenvalue weighted by Crippen LogP contribution is -2.14. The SMILES string of the molecule is C=CCCCC(C)C(=O)OCC. The van der Waals surface area contributed by atoms with Gasteiger partial charge in [0.25, 0.3) is 0 Å². The molecule has 0 saturated heterocycles. The summed E-state index contributed by atoms with van der Waals surface area (Å²) in [5, 5.41) is 0. The number of carbonyl (C=O) groups excluding carboxylic acids is 1. The van der Waals surface area contributed by atoms with Crippen molar-refractivity contribution in [3.05, 3.63) is 12.7 Å². The maximum Gasteiger partial charge on any atom is 0.308 e. The molecule has 1 atom stereocenters. The third kappa shape index (κ3) is 4.94. The predicted molar refractivity (Wildman–Crippen MR) is 49.8 cm³/mol. The van der Waals surface area contributed by atoms with Crippen LogP contribution in [-0.2, 0) is 9.53 Å². The van der Waals surface area contributed by atoms with Crippen LogP contribution in [0.2, 0.25) is 0 Å². The lowest BCUT2D eigenvalue weighted by atomic mass is 10.0. The fourth-order valence-electron chi connectivity index (χ4n) is 0.971. The van der Waals surface area contributed by atoms with E-state index in [-0.39, 0.29) is 11.9 Å². The number of hydrogen-bond acceptors (Lipinski definition) is 2. The van der Waals surface area contributed by atoms with Crippen LogP contribution < -0.4 is 0 Å². The summed E-state index contributed by atoms with van der Waals surface area (Å²) in [5.41, 5.74) is 0. The van der Waals surface area contributed by atoms with Crippen molar-refractivity contribution in [3.63, 3.8) is 0 Å². The highest BCUT2D eigenvalue weighted by molar-refractivity contribution is 5.71. The minimum absolute atomic E-state index is 0.0323. The number of esters is 1. The zero-order valence-corrected chi connectivity index (χ0v) is 8.01. The van der Waals surface area contributed by atoms with E-state index in [1.807, 2.05) is 19.9 Å². The van der Waals surface area contributed by atoms with E-state index in [1.165, 1.54) is 0 Å². The topological polar surface area (TPSA) is 26.3 Å². The van der Waals surface area contributed by atoms with Crippen LogP contribution in [-0.4, -0.2) is 12.6 Å². The Morgan fingerprint density at radius 2 is 2.33 bits per heavy atom. The van der Waals surface area contributed by atoms with E-state index in [1.54, 1.807) is 0 Å². The van der Waals surface area contributed by atoms with Gasteiger partial charge in [-0.15, -0.1) is 6.58 Å². The molecule has 0 aliphatic rings. The Hall–Kier alpha value is -0.790. The maximum absolute atomic E-state index is 11.1. The maximum atomic E-state index is 11.1. The molecular weight excluding hydrogens is 152 g/mol. The molecule has 70 valence electrons. The van der Waals surface area contributed by atoms with Crippen LogP contribution in [0.15, 0.2) is 12.7 Å². The Kier molecular flexibility index (Phi) is 6.44. The van der Waals surface area contributed by atoms with Crippen molar-refractivity contribution in [2.45, 2.75) is 33.1 Å². The molecule has 2 nitrogen and oxygen atoms in total. The molecule has 0 saturated carbocycles. The summed E-state index contributed by atoms with van der Waals surface area (Å²) in [4.78, 5) is 11.1. The van der Waals surface area contributed by atoms with Crippen LogP contribution in [0, 0.1) is 5.92 Å². The Morgan fingerprint density at radius 3 is 2.83 bits per heavy atom. The lowest BCUT2D eigenvalue weighted by molar-refractivity contribution is -0.147. The Bertz CT molecular complexity index is 141. The Morgan fingerprint density at radius 1 is 1.67 bits per heavy atom. The van der Waals surface area contributed by atoms with Gasteiger partial charge in [0.1, 0.15) is 0 Å². The molecule has 0 radical (unpaired) electrons. The van der Waals surface area contributed by atoms with Gasteiger partial charge in [-0.05, 0) is 26.2 Å². The molecule has 0 rings (SSSR count). The largest absolute Gasteiger partial charge is 0.466 e. The van der Waals surface area contributed by atoms with E-state index >= 15 is 0 Å². The van der Waals surface area contributed by atoms with Crippen LogP contribution in [0.1, 0.15) is 33.1 Å². The summed E-state index contributed by atoms with van der Waals surface area (Å²) in [7, 11) is 0. The van der Waals surface area contributed by atoms with E-state index in [0.717, 1.165) is 19.3 Å². The number of unbranched alkanes of at least 4 members (excludes halogenated alkanes) is 1. The summed E-state index contributed by atoms with van der Waals surface area (Å²) in [6.45, 7) is 7.83. The van der Waals surface area contributed by atoms with Crippen molar-refractivity contribution >= 4 is 5.97 Å². The number of allylic oxidation sites excluding steroid dienone is 1. The van der Waals surface area contributed by atoms with Crippen LogP contribution in [0.4, 0.5) is 0 Å². The number of rotatable bonds is 6. The standard InChI is InChI=1S/C10H18O2/c1-4-6-7-8-9(3)10(11)12-5-2/h4,9H,1,5-8H2,2-3H3. The molecule has 1 unspecified atom stereocenters. The minimum atomic E-state index is -0.0819. The highest BCUT2D eigenvalue weighted by atomic mass is 16.5. The van der Waals surface area contributed by atoms with Crippen molar-refractivity contribution in [1.29, 1.82) is 0 Å². The van der Waals surface area contributed by atoms with Crippen LogP contribution in [0.3, 0.4) is 0 Å². The van der Waals surface area contributed by atoms with Crippen LogP contribution in [0.5, 0.6) is 0 Å². The first-order valence-corrected chi connectivity index (χ1v) is 4.49. The first kappa shape index (κ1) is 11.2. The molecule has 0 aromatic rings. The first-order valence-electron chi connectivity index (χ1n) is 4.49. The van der Waals surface area contributed by atoms with E-state index in [0.29, 0.717) is 6.61 Å². The van der Waals surface area contributed by atoms with Gasteiger partial charge in [0.05, 0.1) is 12.5 Å². The second-order valence-corrected chi connectivity index (χ2v) is 2.87. The zero-order chi connectivity index (χ0) is 9.40. The molecule has 0 N–H and O–H groups in total. The average molecular weight is 170 g/mol. The quantitative estimate of drug-likeness (QED) is 0.348. The molecule has 0 bridgehead atoms.